The zero-order chi connectivity index (χ0) is 13.8. The molecule has 19 heavy (non-hydrogen) atoms. The zero-order valence-corrected chi connectivity index (χ0v) is 11.2. The van der Waals surface area contributed by atoms with Gasteiger partial charge in [-0.15, -0.1) is 10.2 Å². The van der Waals surface area contributed by atoms with Gasteiger partial charge < -0.3 is 15.6 Å². The fraction of sp³-hybridized carbons (Fsp3) is 0.250. The Morgan fingerprint density at radius 1 is 1.53 bits per heavy atom. The van der Waals surface area contributed by atoms with Crippen molar-refractivity contribution in [2.75, 3.05) is 12.3 Å². The van der Waals surface area contributed by atoms with Gasteiger partial charge in [0.15, 0.2) is 0 Å². The summed E-state index contributed by atoms with van der Waals surface area (Å²) in [6, 6.07) is 4.81. The quantitative estimate of drug-likeness (QED) is 0.818. The number of aryl methyl sites for hydroxylation is 1. The van der Waals surface area contributed by atoms with Crippen molar-refractivity contribution in [1.29, 1.82) is 0 Å². The first-order valence-corrected chi connectivity index (χ1v) is 6.12. The average molecular weight is 280 g/mol. The molecule has 0 saturated heterocycles. The fourth-order valence-electron chi connectivity index (χ4n) is 1.64. The van der Waals surface area contributed by atoms with E-state index in [-0.39, 0.29) is 5.91 Å². The molecule has 2 rings (SSSR count). The lowest BCUT2D eigenvalue weighted by Crippen LogP contribution is -2.27. The lowest BCUT2D eigenvalue weighted by atomic mass is 10.1. The number of nitrogen functional groups attached to an aromatic ring is 1. The minimum absolute atomic E-state index is 0.248. The van der Waals surface area contributed by atoms with Crippen LogP contribution in [0.4, 0.5) is 5.69 Å². The van der Waals surface area contributed by atoms with Gasteiger partial charge in [0, 0.05) is 30.7 Å². The van der Waals surface area contributed by atoms with Crippen LogP contribution < -0.4 is 11.1 Å². The first kappa shape index (κ1) is 13.4. The highest BCUT2D eigenvalue weighted by Crippen LogP contribution is 2.17. The second-order valence-electron chi connectivity index (χ2n) is 4.10. The summed E-state index contributed by atoms with van der Waals surface area (Å²) >= 11 is 5.84. The lowest BCUT2D eigenvalue weighted by molar-refractivity contribution is 0.0955. The smallest absolute Gasteiger partial charge is 0.253 e. The zero-order valence-electron chi connectivity index (χ0n) is 10.4. The van der Waals surface area contributed by atoms with Crippen LogP contribution in [-0.2, 0) is 13.5 Å². The van der Waals surface area contributed by atoms with E-state index in [9.17, 15) is 4.79 Å². The summed E-state index contributed by atoms with van der Waals surface area (Å²) in [4.78, 5) is 11.9. The maximum atomic E-state index is 11.9. The van der Waals surface area contributed by atoms with E-state index < -0.39 is 0 Å². The van der Waals surface area contributed by atoms with Crippen LogP contribution in [0.5, 0.6) is 0 Å². The third-order valence-corrected chi connectivity index (χ3v) is 2.93. The topological polar surface area (TPSA) is 85.8 Å². The van der Waals surface area contributed by atoms with E-state index in [1.54, 1.807) is 29.1 Å². The lowest BCUT2D eigenvalue weighted by Gasteiger charge is -2.07. The minimum atomic E-state index is -0.248. The number of benzene rings is 1. The first-order chi connectivity index (χ1) is 9.08. The Labute approximate surface area is 115 Å². The summed E-state index contributed by atoms with van der Waals surface area (Å²) < 4.78 is 1.81. The van der Waals surface area contributed by atoms with Crippen molar-refractivity contribution in [1.82, 2.24) is 20.1 Å². The van der Waals surface area contributed by atoms with E-state index in [1.807, 2.05) is 7.05 Å². The first-order valence-electron chi connectivity index (χ1n) is 5.74. The number of nitrogens with one attached hydrogen (secondary N) is 1. The molecule has 1 aromatic heterocycles. The molecule has 0 unspecified atom stereocenters. The number of carbonyl (C=O) groups excluding carboxylic acids is 1. The Bertz CT molecular complexity index is 596. The number of anilines is 1. The van der Waals surface area contributed by atoms with E-state index >= 15 is 0 Å². The largest absolute Gasteiger partial charge is 0.398 e. The van der Waals surface area contributed by atoms with Gasteiger partial charge >= 0.3 is 0 Å². The molecule has 0 bridgehead atoms. The monoisotopic (exact) mass is 279 g/mol. The Balaban J connectivity index is 1.94. The highest BCUT2D eigenvalue weighted by atomic mass is 35.5. The Kier molecular flexibility index (Phi) is 4.01. The summed E-state index contributed by atoms with van der Waals surface area (Å²) in [6.45, 7) is 0.456. The molecule has 1 amide bonds. The highest BCUT2D eigenvalue weighted by Gasteiger charge is 2.10. The van der Waals surface area contributed by atoms with Gasteiger partial charge in [0.2, 0.25) is 0 Å². The normalized spacial score (nSPS) is 10.4. The van der Waals surface area contributed by atoms with Gasteiger partial charge in [-0.05, 0) is 18.2 Å². The van der Waals surface area contributed by atoms with Crippen LogP contribution in [-0.4, -0.2) is 27.2 Å². The minimum Gasteiger partial charge on any atom is -0.398 e. The number of carbonyl (C=O) groups is 1. The molecular weight excluding hydrogens is 266 g/mol. The molecule has 7 heteroatoms. The van der Waals surface area contributed by atoms with Crippen LogP contribution in [0.2, 0.25) is 5.02 Å². The molecule has 1 aromatic carbocycles. The highest BCUT2D eigenvalue weighted by molar-refractivity contribution is 6.31. The van der Waals surface area contributed by atoms with Crippen molar-refractivity contribution in [2.45, 2.75) is 6.42 Å². The number of hydrogen-bond donors (Lipinski definition) is 2. The van der Waals surface area contributed by atoms with Crippen LogP contribution in [0.3, 0.4) is 0 Å². The number of amides is 1. The molecule has 6 nitrogen and oxygen atoms in total. The van der Waals surface area contributed by atoms with Crippen LogP contribution in [0.1, 0.15) is 16.2 Å². The van der Waals surface area contributed by atoms with Crippen LogP contribution in [0, 0.1) is 0 Å². The van der Waals surface area contributed by atoms with Crippen molar-refractivity contribution in [2.24, 2.45) is 7.05 Å². The maximum absolute atomic E-state index is 11.9. The van der Waals surface area contributed by atoms with Crippen LogP contribution in [0.25, 0.3) is 0 Å². The molecule has 0 aliphatic heterocycles. The fourth-order valence-corrected chi connectivity index (χ4v) is 1.81. The molecule has 0 fully saturated rings. The SMILES string of the molecule is Cn1cnnc1CCNC(=O)c1cc(Cl)ccc1N. The maximum Gasteiger partial charge on any atom is 0.253 e. The summed E-state index contributed by atoms with van der Waals surface area (Å²) in [5.74, 6) is 0.557. The third kappa shape index (κ3) is 3.23. The van der Waals surface area contributed by atoms with Crippen molar-refractivity contribution >= 4 is 23.2 Å². The van der Waals surface area contributed by atoms with E-state index in [0.29, 0.717) is 29.2 Å². The molecule has 2 aromatic rings. The van der Waals surface area contributed by atoms with Crippen molar-refractivity contribution < 1.29 is 4.79 Å². The molecule has 0 aliphatic carbocycles. The third-order valence-electron chi connectivity index (χ3n) is 2.70. The van der Waals surface area contributed by atoms with Gasteiger partial charge in [-0.1, -0.05) is 11.6 Å². The molecule has 0 saturated carbocycles. The number of hydrogen-bond acceptors (Lipinski definition) is 4. The summed E-state index contributed by atoms with van der Waals surface area (Å²) in [5.41, 5.74) is 6.52. The molecule has 3 N–H and O–H groups in total. The molecule has 1 heterocycles. The van der Waals surface area contributed by atoms with E-state index in [0.717, 1.165) is 5.82 Å². The van der Waals surface area contributed by atoms with Gasteiger partial charge in [0.25, 0.3) is 5.91 Å². The summed E-state index contributed by atoms with van der Waals surface area (Å²) in [7, 11) is 1.85. The Morgan fingerprint density at radius 3 is 3.00 bits per heavy atom. The molecule has 0 spiro atoms. The van der Waals surface area contributed by atoms with Crippen LogP contribution in [0.15, 0.2) is 24.5 Å². The molecule has 0 aliphatic rings. The van der Waals surface area contributed by atoms with Crippen molar-refractivity contribution in [3.05, 3.63) is 40.9 Å². The second kappa shape index (κ2) is 5.71. The Morgan fingerprint density at radius 2 is 2.32 bits per heavy atom. The molecule has 0 atom stereocenters. The van der Waals surface area contributed by atoms with Gasteiger partial charge in [0.05, 0.1) is 5.56 Å². The van der Waals surface area contributed by atoms with E-state index in [2.05, 4.69) is 15.5 Å². The number of halogens is 1. The van der Waals surface area contributed by atoms with Crippen molar-refractivity contribution in [3.63, 3.8) is 0 Å². The number of rotatable bonds is 4. The van der Waals surface area contributed by atoms with E-state index in [4.69, 9.17) is 17.3 Å². The Hall–Kier alpha value is -2.08. The second-order valence-corrected chi connectivity index (χ2v) is 4.53. The number of nitrogens with two attached hydrogens (primary N) is 1. The summed E-state index contributed by atoms with van der Waals surface area (Å²) in [6.07, 6.45) is 2.22. The molecular formula is C12H14ClN5O. The van der Waals surface area contributed by atoms with Gasteiger partial charge in [0.1, 0.15) is 12.2 Å². The number of nitrogens with zero attached hydrogens (tertiary/aromatic N) is 3. The van der Waals surface area contributed by atoms with Gasteiger partial charge in [-0.3, -0.25) is 4.79 Å². The predicted molar refractivity (Wildman–Crippen MR) is 72.9 cm³/mol. The standard InChI is InChI=1S/C12H14ClN5O/c1-18-7-16-17-11(18)4-5-15-12(19)9-6-8(13)2-3-10(9)14/h2-3,6-7H,4-5,14H2,1H3,(H,15,19). The summed E-state index contributed by atoms with van der Waals surface area (Å²) in [5, 5.41) is 11.0. The van der Waals surface area contributed by atoms with Crippen LogP contribution >= 0.6 is 11.6 Å². The van der Waals surface area contributed by atoms with Crippen molar-refractivity contribution in [3.8, 4) is 0 Å². The molecule has 100 valence electrons. The average Bonchev–Trinajstić information content (AvgIpc) is 2.78. The predicted octanol–water partition coefficient (Wildman–Crippen LogP) is 1.02. The van der Waals surface area contributed by atoms with Gasteiger partial charge in [-0.2, -0.15) is 0 Å². The van der Waals surface area contributed by atoms with Gasteiger partial charge in [-0.25, -0.2) is 0 Å². The molecule has 0 radical (unpaired) electrons. The number of aromatic nitrogens is 3. The van der Waals surface area contributed by atoms with E-state index in [1.165, 1.54) is 0 Å².